The van der Waals surface area contributed by atoms with Crippen molar-refractivity contribution in [2.45, 2.75) is 57.9 Å². The van der Waals surface area contributed by atoms with Gasteiger partial charge >= 0.3 is 0 Å². The second-order valence-electron chi connectivity index (χ2n) is 10.6. The van der Waals surface area contributed by atoms with Gasteiger partial charge in [0.05, 0.1) is 17.1 Å². The van der Waals surface area contributed by atoms with E-state index in [-0.39, 0.29) is 12.5 Å². The summed E-state index contributed by atoms with van der Waals surface area (Å²) in [7, 11) is -3.62. The van der Waals surface area contributed by atoms with Gasteiger partial charge < -0.3 is 0 Å². The third kappa shape index (κ3) is 4.45. The van der Waals surface area contributed by atoms with Crippen molar-refractivity contribution in [1.29, 1.82) is 0 Å². The normalized spacial score (nSPS) is 19.1. The van der Waals surface area contributed by atoms with E-state index in [1.807, 2.05) is 24.3 Å². The number of anilines is 1. The van der Waals surface area contributed by atoms with E-state index in [0.717, 1.165) is 47.7 Å². The van der Waals surface area contributed by atoms with Crippen LogP contribution in [0.1, 0.15) is 62.4 Å². The van der Waals surface area contributed by atoms with E-state index in [4.69, 9.17) is 0 Å². The number of carbonyl (C=O) groups excluding carboxylic acids is 1. The van der Waals surface area contributed by atoms with Crippen molar-refractivity contribution < 1.29 is 13.2 Å². The van der Waals surface area contributed by atoms with E-state index in [2.05, 4.69) is 31.3 Å². The molecule has 1 aliphatic carbocycles. The molecule has 1 amide bonds. The molecule has 0 saturated heterocycles. The zero-order chi connectivity index (χ0) is 24.8. The van der Waals surface area contributed by atoms with Crippen LogP contribution in [0, 0.1) is 11.3 Å². The Morgan fingerprint density at radius 1 is 1.00 bits per heavy atom. The fourth-order valence-corrected chi connectivity index (χ4v) is 6.88. The molecule has 7 heteroatoms. The van der Waals surface area contributed by atoms with Gasteiger partial charge in [0.1, 0.15) is 0 Å². The fraction of sp³-hybridized carbons (Fsp3) is 0.357. The number of nitrogens with zero attached hydrogens (tertiary/aromatic N) is 2. The lowest BCUT2D eigenvalue weighted by Gasteiger charge is -2.34. The Balaban J connectivity index is 1.26. The van der Waals surface area contributed by atoms with Gasteiger partial charge in [0.25, 0.3) is 15.9 Å². The number of hydrogen-bond acceptors (Lipinski definition) is 4. The molecule has 3 aromatic carbocycles. The minimum absolute atomic E-state index is 0.204. The predicted molar refractivity (Wildman–Crippen MR) is 140 cm³/mol. The summed E-state index contributed by atoms with van der Waals surface area (Å²) >= 11 is 0. The monoisotopic (exact) mass is 489 g/mol. The Labute approximate surface area is 207 Å². The maximum atomic E-state index is 13.2. The maximum Gasteiger partial charge on any atom is 0.271 e. The van der Waals surface area contributed by atoms with Crippen molar-refractivity contribution in [2.75, 3.05) is 4.31 Å². The summed E-state index contributed by atoms with van der Waals surface area (Å²) in [5.74, 6) is 0.428. The van der Waals surface area contributed by atoms with Crippen LogP contribution in [0.15, 0.2) is 70.7 Å². The number of nitrogens with one attached hydrogen (secondary N) is 1. The Kier molecular flexibility index (Phi) is 5.91. The van der Waals surface area contributed by atoms with Crippen LogP contribution in [0.5, 0.6) is 0 Å². The van der Waals surface area contributed by atoms with Crippen LogP contribution in [0.25, 0.3) is 10.8 Å². The Bertz CT molecular complexity index is 1400. The predicted octanol–water partition coefficient (Wildman–Crippen LogP) is 5.87. The zero-order valence-corrected chi connectivity index (χ0v) is 21.2. The highest BCUT2D eigenvalue weighted by molar-refractivity contribution is 7.93. The highest BCUT2D eigenvalue weighted by Gasteiger charge is 2.35. The summed E-state index contributed by atoms with van der Waals surface area (Å²) in [6.45, 7) is 7.05. The molecule has 1 N–H and O–H groups in total. The molecule has 1 saturated carbocycles. The van der Waals surface area contributed by atoms with Crippen molar-refractivity contribution in [2.24, 2.45) is 16.4 Å². The van der Waals surface area contributed by atoms with Gasteiger partial charge in [-0.15, -0.1) is 0 Å². The highest BCUT2D eigenvalue weighted by atomic mass is 32.2. The number of benzene rings is 3. The molecule has 0 atom stereocenters. The van der Waals surface area contributed by atoms with Gasteiger partial charge in [0.2, 0.25) is 0 Å². The molecule has 3 aromatic rings. The van der Waals surface area contributed by atoms with Gasteiger partial charge in [-0.05, 0) is 72.2 Å². The molecule has 0 unspecified atom stereocenters. The van der Waals surface area contributed by atoms with Gasteiger partial charge in [0, 0.05) is 16.7 Å². The first-order valence-electron chi connectivity index (χ1n) is 12.1. The average Bonchev–Trinajstić information content (AvgIpc) is 3.06. The maximum absolute atomic E-state index is 13.2. The van der Waals surface area contributed by atoms with Gasteiger partial charge in [-0.3, -0.25) is 9.10 Å². The first-order valence-corrected chi connectivity index (χ1v) is 13.6. The van der Waals surface area contributed by atoms with Crippen LogP contribution < -0.4 is 9.73 Å². The lowest BCUT2D eigenvalue weighted by molar-refractivity contribution is 0.0954. The lowest BCUT2D eigenvalue weighted by Crippen LogP contribution is -2.27. The van der Waals surface area contributed by atoms with Crippen LogP contribution >= 0.6 is 0 Å². The SMILES string of the molecule is CC(C)(C)C1CCC(=NNC(=O)c2ccc(CN3c4cccc5cccc(c45)S3(=O)=O)cc2)CC1. The van der Waals surface area contributed by atoms with E-state index in [1.165, 1.54) is 4.31 Å². The summed E-state index contributed by atoms with van der Waals surface area (Å²) in [5, 5.41) is 6.05. The molecule has 1 heterocycles. The van der Waals surface area contributed by atoms with E-state index in [9.17, 15) is 13.2 Å². The van der Waals surface area contributed by atoms with E-state index >= 15 is 0 Å². The summed E-state index contributed by atoms with van der Waals surface area (Å²) in [6.07, 6.45) is 4.04. The third-order valence-electron chi connectivity index (χ3n) is 7.33. The molecule has 182 valence electrons. The number of rotatable bonds is 4. The fourth-order valence-electron chi connectivity index (χ4n) is 5.18. The van der Waals surface area contributed by atoms with Gasteiger partial charge in [0.15, 0.2) is 0 Å². The van der Waals surface area contributed by atoms with E-state index < -0.39 is 10.0 Å². The number of sulfonamides is 1. The summed E-state index contributed by atoms with van der Waals surface area (Å²) in [4.78, 5) is 13.0. The summed E-state index contributed by atoms with van der Waals surface area (Å²) < 4.78 is 27.8. The standard InChI is InChI=1S/C28H31N3O3S/c1-28(2,3)22-14-16-23(17-15-22)29-30-27(32)21-12-10-19(11-13-21)18-31-24-8-4-6-20-7-5-9-25(26(20)24)35(31,33)34/h4-13,22H,14-18H2,1-3H3,(H,30,32). The summed E-state index contributed by atoms with van der Waals surface area (Å²) in [6, 6.07) is 18.0. The quantitative estimate of drug-likeness (QED) is 0.466. The van der Waals surface area contributed by atoms with E-state index in [1.54, 1.807) is 36.4 Å². The van der Waals surface area contributed by atoms with Gasteiger partial charge in [-0.2, -0.15) is 5.10 Å². The molecule has 1 fully saturated rings. The Morgan fingerprint density at radius 3 is 2.31 bits per heavy atom. The van der Waals surface area contributed by atoms with Crippen LogP contribution in [-0.2, 0) is 16.6 Å². The van der Waals surface area contributed by atoms with Crippen molar-refractivity contribution in [3.8, 4) is 0 Å². The number of hydrogen-bond donors (Lipinski definition) is 1. The molecule has 0 bridgehead atoms. The zero-order valence-electron chi connectivity index (χ0n) is 20.4. The molecule has 0 radical (unpaired) electrons. The third-order valence-corrected chi connectivity index (χ3v) is 9.13. The number of carbonyl (C=O) groups is 1. The second kappa shape index (κ2) is 8.79. The van der Waals surface area contributed by atoms with Crippen LogP contribution in [0.4, 0.5) is 5.69 Å². The topological polar surface area (TPSA) is 78.8 Å². The van der Waals surface area contributed by atoms with Crippen LogP contribution in [0.2, 0.25) is 0 Å². The Hall–Kier alpha value is -3.19. The van der Waals surface area contributed by atoms with Crippen molar-refractivity contribution in [1.82, 2.24) is 5.43 Å². The van der Waals surface area contributed by atoms with Crippen LogP contribution in [0.3, 0.4) is 0 Å². The lowest BCUT2D eigenvalue weighted by atomic mass is 9.72. The largest absolute Gasteiger partial charge is 0.271 e. The molecule has 0 aromatic heterocycles. The molecular weight excluding hydrogens is 458 g/mol. The first-order chi connectivity index (χ1) is 16.6. The smallest absolute Gasteiger partial charge is 0.267 e. The minimum Gasteiger partial charge on any atom is -0.267 e. The average molecular weight is 490 g/mol. The molecule has 5 rings (SSSR count). The van der Waals surface area contributed by atoms with Gasteiger partial charge in [-0.25, -0.2) is 13.8 Å². The second-order valence-corrected chi connectivity index (χ2v) is 12.4. The molecule has 35 heavy (non-hydrogen) atoms. The molecule has 0 spiro atoms. The minimum atomic E-state index is -3.62. The first kappa shape index (κ1) is 23.5. The van der Waals surface area contributed by atoms with Crippen LogP contribution in [-0.4, -0.2) is 20.0 Å². The Morgan fingerprint density at radius 2 is 1.66 bits per heavy atom. The van der Waals surface area contributed by atoms with Crippen molar-refractivity contribution >= 4 is 38.1 Å². The van der Waals surface area contributed by atoms with Gasteiger partial charge in [-0.1, -0.05) is 57.2 Å². The summed E-state index contributed by atoms with van der Waals surface area (Å²) in [5.41, 5.74) is 6.04. The van der Waals surface area contributed by atoms with Crippen molar-refractivity contribution in [3.63, 3.8) is 0 Å². The number of hydrazone groups is 1. The molecule has 6 nitrogen and oxygen atoms in total. The molecular formula is C28H31N3O3S. The van der Waals surface area contributed by atoms with Crippen molar-refractivity contribution in [3.05, 3.63) is 71.8 Å². The molecule has 1 aliphatic heterocycles. The molecule has 2 aliphatic rings. The number of amides is 1. The highest BCUT2D eigenvalue weighted by Crippen LogP contribution is 2.42. The van der Waals surface area contributed by atoms with E-state index in [0.29, 0.717) is 27.5 Å².